The van der Waals surface area contributed by atoms with Crippen LogP contribution in [0.15, 0.2) is 23.4 Å². The van der Waals surface area contributed by atoms with Crippen LogP contribution in [0.1, 0.15) is 23.3 Å². The fourth-order valence-corrected chi connectivity index (χ4v) is 6.24. The Morgan fingerprint density at radius 2 is 1.97 bits per heavy atom. The number of nitrogens with zero attached hydrogens (tertiary/aromatic N) is 3. The highest BCUT2D eigenvalue weighted by molar-refractivity contribution is 7.99. The molecule has 164 valence electrons. The first-order valence-electron chi connectivity index (χ1n) is 10.1. The number of hydrogen-bond acceptors (Lipinski definition) is 8. The van der Waals surface area contributed by atoms with Crippen molar-refractivity contribution in [1.82, 2.24) is 14.9 Å². The molecule has 1 fully saturated rings. The van der Waals surface area contributed by atoms with Gasteiger partial charge in [0.1, 0.15) is 17.0 Å². The molecule has 10 heteroatoms. The van der Waals surface area contributed by atoms with E-state index >= 15 is 0 Å². The van der Waals surface area contributed by atoms with Crippen LogP contribution in [-0.4, -0.2) is 45.9 Å². The van der Waals surface area contributed by atoms with Crippen LogP contribution in [0.3, 0.4) is 0 Å². The van der Waals surface area contributed by atoms with E-state index in [0.29, 0.717) is 15.6 Å². The second-order valence-electron chi connectivity index (χ2n) is 7.38. The van der Waals surface area contributed by atoms with Crippen LogP contribution in [-0.2, 0) is 17.6 Å². The molecule has 31 heavy (non-hydrogen) atoms. The summed E-state index contributed by atoms with van der Waals surface area (Å²) in [5, 5.41) is 5.02. The third-order valence-corrected chi connectivity index (χ3v) is 8.16. The molecular weight excluding hydrogens is 470 g/mol. The van der Waals surface area contributed by atoms with E-state index in [0.717, 1.165) is 65.6 Å². The number of nitrogens with two attached hydrogens (primary N) is 1. The maximum absolute atomic E-state index is 10.1. The maximum Gasteiger partial charge on any atom is 0.209 e. The zero-order valence-electron chi connectivity index (χ0n) is 16.9. The molecule has 3 aromatic rings. The standard InChI is InChI=1S/C16H15ClN4S2.C5H9NOS/c17-9-5-10(18)12(22)6-11(9)21-15-14-8-3-1-2-4-13(8)23-16(14)20-7-19-15;7-5-6-1-3-8-4-2-6/h5-7,22H,1-4,18H2,(H,19,20,21);5H,1-4H2. The predicted molar refractivity (Wildman–Crippen MR) is 135 cm³/mol. The molecule has 0 unspecified atom stereocenters. The Labute approximate surface area is 200 Å². The van der Waals surface area contributed by atoms with E-state index < -0.39 is 0 Å². The molecule has 0 radical (unpaired) electrons. The lowest BCUT2D eigenvalue weighted by atomic mass is 9.97. The Morgan fingerprint density at radius 1 is 1.19 bits per heavy atom. The van der Waals surface area contributed by atoms with Gasteiger partial charge in [-0.15, -0.1) is 24.0 Å². The molecule has 0 atom stereocenters. The Morgan fingerprint density at radius 3 is 2.71 bits per heavy atom. The number of fused-ring (bicyclic) bond motifs is 3. The lowest BCUT2D eigenvalue weighted by Gasteiger charge is -2.21. The number of hydrogen-bond donors (Lipinski definition) is 3. The number of carbonyl (C=O) groups excluding carboxylic acids is 1. The van der Waals surface area contributed by atoms with Crippen LogP contribution >= 0.6 is 47.3 Å². The summed E-state index contributed by atoms with van der Waals surface area (Å²) in [6.07, 6.45) is 7.22. The molecule has 3 N–H and O–H groups in total. The minimum Gasteiger partial charge on any atom is -0.398 e. The minimum atomic E-state index is 0.552. The number of thiol groups is 1. The number of rotatable bonds is 3. The average Bonchev–Trinajstić information content (AvgIpc) is 3.18. The number of aryl methyl sites for hydroxylation is 2. The van der Waals surface area contributed by atoms with Crippen molar-refractivity contribution in [3.05, 3.63) is 33.9 Å². The number of aromatic nitrogens is 2. The van der Waals surface area contributed by atoms with E-state index in [1.54, 1.807) is 23.7 Å². The van der Waals surface area contributed by atoms with Crippen molar-refractivity contribution in [3.63, 3.8) is 0 Å². The summed E-state index contributed by atoms with van der Waals surface area (Å²) in [6.45, 7) is 1.88. The Kier molecular flexibility index (Phi) is 7.47. The summed E-state index contributed by atoms with van der Waals surface area (Å²) in [4.78, 5) is 23.9. The summed E-state index contributed by atoms with van der Waals surface area (Å²) in [6, 6.07) is 3.53. The highest BCUT2D eigenvalue weighted by Gasteiger charge is 2.20. The first kappa shape index (κ1) is 22.5. The first-order valence-corrected chi connectivity index (χ1v) is 12.9. The van der Waals surface area contributed by atoms with E-state index in [1.807, 2.05) is 22.7 Å². The molecule has 1 aliphatic heterocycles. The summed E-state index contributed by atoms with van der Waals surface area (Å²) >= 11 is 14.4. The van der Waals surface area contributed by atoms with Crippen molar-refractivity contribution < 1.29 is 4.79 Å². The van der Waals surface area contributed by atoms with Crippen LogP contribution in [0.4, 0.5) is 17.2 Å². The van der Waals surface area contributed by atoms with Crippen molar-refractivity contribution in [2.24, 2.45) is 0 Å². The number of nitrogen functional groups attached to an aromatic ring is 1. The summed E-state index contributed by atoms with van der Waals surface area (Å²) < 4.78 is 0. The van der Waals surface area contributed by atoms with Gasteiger partial charge in [0.05, 0.1) is 16.1 Å². The molecule has 1 aliphatic carbocycles. The number of benzene rings is 1. The van der Waals surface area contributed by atoms with Gasteiger partial charge in [0.2, 0.25) is 6.41 Å². The second kappa shape index (κ2) is 10.3. The lowest BCUT2D eigenvalue weighted by molar-refractivity contribution is -0.117. The van der Waals surface area contributed by atoms with Gasteiger partial charge >= 0.3 is 0 Å². The van der Waals surface area contributed by atoms with Gasteiger partial charge in [0, 0.05) is 40.1 Å². The van der Waals surface area contributed by atoms with E-state index in [4.69, 9.17) is 17.3 Å². The topological polar surface area (TPSA) is 84.1 Å². The number of thiophene rings is 1. The Balaban J connectivity index is 0.000000245. The molecule has 0 bridgehead atoms. The molecular formula is C21H24ClN5OS3. The average molecular weight is 494 g/mol. The number of halogens is 1. The number of thioether (sulfide) groups is 1. The molecule has 1 saturated heterocycles. The van der Waals surface area contributed by atoms with Crippen molar-refractivity contribution in [2.75, 3.05) is 35.6 Å². The van der Waals surface area contributed by atoms with Crippen LogP contribution in [0, 0.1) is 0 Å². The summed E-state index contributed by atoms with van der Waals surface area (Å²) in [5.74, 6) is 3.02. The van der Waals surface area contributed by atoms with Gasteiger partial charge in [-0.1, -0.05) is 11.6 Å². The van der Waals surface area contributed by atoms with Crippen LogP contribution < -0.4 is 11.1 Å². The maximum atomic E-state index is 10.1. The lowest BCUT2D eigenvalue weighted by Crippen LogP contribution is -2.30. The van der Waals surface area contributed by atoms with Gasteiger partial charge in [0.15, 0.2) is 0 Å². The fourth-order valence-electron chi connectivity index (χ4n) is 3.67. The molecule has 1 aromatic carbocycles. The number of nitrogens with one attached hydrogen (secondary N) is 1. The number of carbonyl (C=O) groups is 1. The number of anilines is 3. The van der Waals surface area contributed by atoms with E-state index in [9.17, 15) is 4.79 Å². The largest absolute Gasteiger partial charge is 0.398 e. The second-order valence-corrected chi connectivity index (χ2v) is 10.6. The predicted octanol–water partition coefficient (Wildman–Crippen LogP) is 5.03. The van der Waals surface area contributed by atoms with Gasteiger partial charge in [-0.05, 0) is 43.4 Å². The van der Waals surface area contributed by atoms with Crippen molar-refractivity contribution in [1.29, 1.82) is 0 Å². The number of amides is 1. The third-order valence-electron chi connectivity index (χ3n) is 5.32. The normalized spacial score (nSPS) is 15.7. The van der Waals surface area contributed by atoms with Crippen LogP contribution in [0.25, 0.3) is 10.2 Å². The first-order chi connectivity index (χ1) is 15.1. The van der Waals surface area contributed by atoms with Gasteiger partial charge in [-0.25, -0.2) is 9.97 Å². The summed E-state index contributed by atoms with van der Waals surface area (Å²) in [7, 11) is 0. The van der Waals surface area contributed by atoms with Gasteiger partial charge in [0.25, 0.3) is 0 Å². The molecule has 0 spiro atoms. The monoisotopic (exact) mass is 493 g/mol. The zero-order valence-corrected chi connectivity index (χ0v) is 20.2. The summed E-state index contributed by atoms with van der Waals surface area (Å²) in [5.41, 5.74) is 8.53. The van der Waals surface area contributed by atoms with E-state index in [1.165, 1.54) is 23.3 Å². The van der Waals surface area contributed by atoms with E-state index in [-0.39, 0.29) is 0 Å². The van der Waals surface area contributed by atoms with Gasteiger partial charge < -0.3 is 16.0 Å². The quantitative estimate of drug-likeness (QED) is 0.269. The van der Waals surface area contributed by atoms with Crippen LogP contribution in [0.5, 0.6) is 0 Å². The van der Waals surface area contributed by atoms with Gasteiger partial charge in [-0.3, -0.25) is 4.79 Å². The fraction of sp³-hybridized carbons (Fsp3) is 0.381. The Bertz CT molecular complexity index is 1080. The van der Waals surface area contributed by atoms with Crippen molar-refractivity contribution in [3.8, 4) is 0 Å². The SMILES string of the molecule is Nc1cc(Cl)c(Nc2ncnc3sc4c(c23)CCCC4)cc1S.O=CN1CCSCC1. The van der Waals surface area contributed by atoms with Crippen molar-refractivity contribution >= 4 is 81.1 Å². The zero-order chi connectivity index (χ0) is 21.8. The molecule has 6 nitrogen and oxygen atoms in total. The molecule has 2 aromatic heterocycles. The van der Waals surface area contributed by atoms with Gasteiger partial charge in [-0.2, -0.15) is 11.8 Å². The van der Waals surface area contributed by atoms with Crippen molar-refractivity contribution in [2.45, 2.75) is 30.6 Å². The van der Waals surface area contributed by atoms with E-state index in [2.05, 4.69) is 27.9 Å². The molecule has 2 aliphatic rings. The van der Waals surface area contributed by atoms with Crippen LogP contribution in [0.2, 0.25) is 5.02 Å². The smallest absolute Gasteiger partial charge is 0.209 e. The Hall–Kier alpha value is -1.68. The third kappa shape index (κ3) is 5.22. The molecule has 5 rings (SSSR count). The molecule has 1 amide bonds. The molecule has 3 heterocycles. The highest BCUT2D eigenvalue weighted by Crippen LogP contribution is 2.40. The molecule has 0 saturated carbocycles. The minimum absolute atomic E-state index is 0.552. The highest BCUT2D eigenvalue weighted by atomic mass is 35.5.